The first kappa shape index (κ1) is 16.6. The van der Waals surface area contributed by atoms with Crippen LogP contribution in [0.5, 0.6) is 0 Å². The smallest absolute Gasteiger partial charge is 0.338 e. The van der Waals surface area contributed by atoms with Crippen molar-refractivity contribution < 1.29 is 23.4 Å². The Bertz CT molecular complexity index is 647. The van der Waals surface area contributed by atoms with Crippen molar-refractivity contribution in [2.75, 3.05) is 6.61 Å². The van der Waals surface area contributed by atoms with Crippen LogP contribution in [0, 0.1) is 0 Å². The van der Waals surface area contributed by atoms with Crippen LogP contribution in [0.2, 0.25) is 0 Å². The molecule has 5 heteroatoms. The van der Waals surface area contributed by atoms with E-state index in [1.807, 2.05) is 60.7 Å². The molecule has 1 saturated heterocycles. The lowest BCUT2D eigenvalue weighted by Gasteiger charge is -2.14. The second-order valence-electron chi connectivity index (χ2n) is 5.64. The minimum Gasteiger partial charge on any atom is -0.455 e. The zero-order chi connectivity index (χ0) is 16.8. The van der Waals surface area contributed by atoms with E-state index in [4.69, 9.17) is 14.2 Å². The zero-order valence-electron chi connectivity index (χ0n) is 13.1. The van der Waals surface area contributed by atoms with E-state index in [9.17, 15) is 9.18 Å². The van der Waals surface area contributed by atoms with Crippen LogP contribution < -0.4 is 0 Å². The molecule has 3 atom stereocenters. The van der Waals surface area contributed by atoms with Gasteiger partial charge in [0.15, 0.2) is 18.4 Å². The summed E-state index contributed by atoms with van der Waals surface area (Å²) in [5.41, 5.74) is 1.86. The first-order valence-corrected chi connectivity index (χ1v) is 7.86. The van der Waals surface area contributed by atoms with E-state index < -0.39 is 24.3 Å². The fourth-order valence-corrected chi connectivity index (χ4v) is 2.52. The molecule has 0 bridgehead atoms. The highest BCUT2D eigenvalue weighted by Gasteiger charge is 2.46. The van der Waals surface area contributed by atoms with Gasteiger partial charge in [0.25, 0.3) is 0 Å². The number of alkyl halides is 1. The lowest BCUT2D eigenvalue weighted by atomic mass is 10.1. The normalized spacial score (nSPS) is 23.2. The Morgan fingerprint density at radius 2 is 1.50 bits per heavy atom. The molecule has 0 amide bonds. The van der Waals surface area contributed by atoms with Gasteiger partial charge in [0.05, 0.1) is 19.8 Å². The highest BCUT2D eigenvalue weighted by Crippen LogP contribution is 2.23. The van der Waals surface area contributed by atoms with Gasteiger partial charge in [0, 0.05) is 0 Å². The van der Waals surface area contributed by atoms with E-state index in [0.717, 1.165) is 11.1 Å². The number of halogens is 1. The molecule has 4 nitrogen and oxygen atoms in total. The highest BCUT2D eigenvalue weighted by molar-refractivity contribution is 5.78. The molecule has 0 N–H and O–H groups in total. The number of benzene rings is 2. The summed E-state index contributed by atoms with van der Waals surface area (Å²) in [6.45, 7) is 0.517. The summed E-state index contributed by atoms with van der Waals surface area (Å²) in [7, 11) is 0. The molecule has 1 fully saturated rings. The molecule has 3 rings (SSSR count). The van der Waals surface area contributed by atoms with Crippen LogP contribution in [-0.2, 0) is 32.2 Å². The largest absolute Gasteiger partial charge is 0.455 e. The Balaban J connectivity index is 1.47. The average Bonchev–Trinajstić information content (AvgIpc) is 2.89. The van der Waals surface area contributed by atoms with Gasteiger partial charge in [0.2, 0.25) is 0 Å². The van der Waals surface area contributed by atoms with Crippen molar-refractivity contribution in [1.29, 1.82) is 0 Å². The van der Waals surface area contributed by atoms with Crippen LogP contribution in [-0.4, -0.2) is 31.0 Å². The average molecular weight is 330 g/mol. The van der Waals surface area contributed by atoms with Gasteiger partial charge in [-0.3, -0.25) is 0 Å². The van der Waals surface area contributed by atoms with Crippen molar-refractivity contribution >= 4 is 5.97 Å². The number of ether oxygens (including phenoxy) is 3. The molecule has 2 aromatic carbocycles. The lowest BCUT2D eigenvalue weighted by molar-refractivity contribution is -0.151. The summed E-state index contributed by atoms with van der Waals surface area (Å²) < 4.78 is 30.3. The molecule has 1 aliphatic heterocycles. The van der Waals surface area contributed by atoms with Crippen molar-refractivity contribution in [3.63, 3.8) is 0 Å². The number of cyclic esters (lactones) is 1. The number of carbonyl (C=O) groups is 1. The molecule has 1 heterocycles. The fourth-order valence-electron chi connectivity index (χ4n) is 2.52. The molecular weight excluding hydrogens is 311 g/mol. The van der Waals surface area contributed by atoms with Gasteiger partial charge in [-0.1, -0.05) is 60.7 Å². The maximum atomic E-state index is 14.4. The van der Waals surface area contributed by atoms with Crippen molar-refractivity contribution in [2.45, 2.75) is 31.6 Å². The van der Waals surface area contributed by atoms with E-state index in [0.29, 0.717) is 6.61 Å². The summed E-state index contributed by atoms with van der Waals surface area (Å²) in [5, 5.41) is 0. The van der Waals surface area contributed by atoms with Crippen LogP contribution in [0.25, 0.3) is 0 Å². The van der Waals surface area contributed by atoms with Gasteiger partial charge in [-0.2, -0.15) is 0 Å². The topological polar surface area (TPSA) is 44.8 Å². The van der Waals surface area contributed by atoms with E-state index in [1.54, 1.807) is 0 Å². The number of carbonyl (C=O) groups excluding carboxylic acids is 1. The van der Waals surface area contributed by atoms with E-state index in [-0.39, 0.29) is 13.2 Å². The molecule has 24 heavy (non-hydrogen) atoms. The molecule has 2 aromatic rings. The van der Waals surface area contributed by atoms with Crippen molar-refractivity contribution in [3.8, 4) is 0 Å². The standard InChI is InChI=1S/C19H19FO4/c20-17-16(13-22-11-14-7-3-1-4-8-14)24-19(21)18(17)23-12-15-9-5-2-6-10-15/h1-10,16-18H,11-13H2/t16-,17-,18-/m1/s1. The number of esters is 1. The van der Waals surface area contributed by atoms with Gasteiger partial charge < -0.3 is 14.2 Å². The second kappa shape index (κ2) is 8.04. The fraction of sp³-hybridized carbons (Fsp3) is 0.316. The predicted molar refractivity (Wildman–Crippen MR) is 85.9 cm³/mol. The molecule has 0 unspecified atom stereocenters. The number of rotatable bonds is 7. The monoisotopic (exact) mass is 330 g/mol. The molecule has 0 aliphatic carbocycles. The predicted octanol–water partition coefficient (Wildman–Crippen LogP) is 3.05. The molecule has 0 spiro atoms. The Morgan fingerprint density at radius 1 is 0.917 bits per heavy atom. The lowest BCUT2D eigenvalue weighted by Crippen LogP contribution is -2.32. The quantitative estimate of drug-likeness (QED) is 0.732. The molecular formula is C19H19FO4. The maximum absolute atomic E-state index is 14.4. The van der Waals surface area contributed by atoms with Gasteiger partial charge in [0.1, 0.15) is 0 Å². The second-order valence-corrected chi connectivity index (χ2v) is 5.64. The molecule has 126 valence electrons. The minimum atomic E-state index is -1.53. The maximum Gasteiger partial charge on any atom is 0.338 e. The van der Waals surface area contributed by atoms with E-state index >= 15 is 0 Å². The third-order valence-electron chi connectivity index (χ3n) is 3.81. The Hall–Kier alpha value is -2.24. The first-order valence-electron chi connectivity index (χ1n) is 7.86. The van der Waals surface area contributed by atoms with Crippen LogP contribution in [0.3, 0.4) is 0 Å². The van der Waals surface area contributed by atoms with Crippen LogP contribution in [0.4, 0.5) is 4.39 Å². The highest BCUT2D eigenvalue weighted by atomic mass is 19.1. The van der Waals surface area contributed by atoms with Crippen molar-refractivity contribution in [1.82, 2.24) is 0 Å². The zero-order valence-corrected chi connectivity index (χ0v) is 13.1. The third kappa shape index (κ3) is 4.19. The first-order chi connectivity index (χ1) is 11.7. The van der Waals surface area contributed by atoms with Gasteiger partial charge >= 0.3 is 5.97 Å². The van der Waals surface area contributed by atoms with Crippen LogP contribution in [0.15, 0.2) is 60.7 Å². The van der Waals surface area contributed by atoms with Crippen LogP contribution >= 0.6 is 0 Å². The van der Waals surface area contributed by atoms with Crippen LogP contribution in [0.1, 0.15) is 11.1 Å². The van der Waals surface area contributed by atoms with Gasteiger partial charge in [-0.05, 0) is 11.1 Å². The SMILES string of the molecule is O=C1O[C@H](COCc2ccccc2)[C@@H](F)[C@H]1OCc1ccccc1. The Labute approximate surface area is 140 Å². The summed E-state index contributed by atoms with van der Waals surface area (Å²) in [6.07, 6.45) is -3.66. The third-order valence-corrected chi connectivity index (χ3v) is 3.81. The van der Waals surface area contributed by atoms with Crippen molar-refractivity contribution in [3.05, 3.63) is 71.8 Å². The minimum absolute atomic E-state index is 0.00694. The van der Waals surface area contributed by atoms with Crippen molar-refractivity contribution in [2.24, 2.45) is 0 Å². The summed E-state index contributed by atoms with van der Waals surface area (Å²) in [5.74, 6) is -0.674. The van der Waals surface area contributed by atoms with E-state index in [2.05, 4.69) is 0 Å². The molecule has 0 saturated carbocycles. The van der Waals surface area contributed by atoms with Gasteiger partial charge in [-0.15, -0.1) is 0 Å². The molecule has 0 aromatic heterocycles. The van der Waals surface area contributed by atoms with E-state index in [1.165, 1.54) is 0 Å². The Kier molecular flexibility index (Phi) is 5.56. The Morgan fingerprint density at radius 3 is 2.12 bits per heavy atom. The number of hydrogen-bond acceptors (Lipinski definition) is 4. The molecule has 1 aliphatic rings. The molecule has 0 radical (unpaired) electrons. The summed E-state index contributed by atoms with van der Waals surface area (Å²) in [4.78, 5) is 11.8. The summed E-state index contributed by atoms with van der Waals surface area (Å²) >= 11 is 0. The summed E-state index contributed by atoms with van der Waals surface area (Å²) in [6, 6.07) is 18.9. The number of hydrogen-bond donors (Lipinski definition) is 0. The van der Waals surface area contributed by atoms with Gasteiger partial charge in [-0.25, -0.2) is 9.18 Å².